The van der Waals surface area contributed by atoms with Gasteiger partial charge in [-0.3, -0.25) is 0 Å². The molecule has 0 bridgehead atoms. The fourth-order valence-corrected chi connectivity index (χ4v) is 2.08. The molecule has 0 unspecified atom stereocenters. The van der Waals surface area contributed by atoms with E-state index in [1.165, 1.54) is 0 Å². The van der Waals surface area contributed by atoms with Gasteiger partial charge in [0.15, 0.2) is 6.10 Å². The van der Waals surface area contributed by atoms with E-state index in [-0.39, 0.29) is 12.4 Å². The molecule has 0 spiro atoms. The van der Waals surface area contributed by atoms with E-state index < -0.39 is 18.3 Å². The maximum absolute atomic E-state index is 12.4. The van der Waals surface area contributed by atoms with Crippen molar-refractivity contribution in [3.05, 3.63) is 34.4 Å². The Bertz CT molecular complexity index is 397. The van der Waals surface area contributed by atoms with Gasteiger partial charge in [0.2, 0.25) is 0 Å². The van der Waals surface area contributed by atoms with Gasteiger partial charge < -0.3 is 10.8 Å². The van der Waals surface area contributed by atoms with Gasteiger partial charge in [-0.05, 0) is 37.5 Å². The highest BCUT2D eigenvalue weighted by molar-refractivity contribution is 5.85. The van der Waals surface area contributed by atoms with Gasteiger partial charge in [-0.15, -0.1) is 12.4 Å². The number of aliphatic hydroxyl groups excluding tert-OH is 1. The predicted molar refractivity (Wildman–Crippen MR) is 66.9 cm³/mol. The second kappa shape index (κ2) is 5.91. The Labute approximate surface area is 110 Å². The quantitative estimate of drug-likeness (QED) is 0.876. The molecule has 0 aliphatic rings. The van der Waals surface area contributed by atoms with Crippen LogP contribution in [0.25, 0.3) is 0 Å². The fraction of sp³-hybridized carbons (Fsp3) is 0.500. The van der Waals surface area contributed by atoms with E-state index in [0.717, 1.165) is 5.56 Å². The molecule has 0 heterocycles. The zero-order valence-electron chi connectivity index (χ0n) is 10.4. The monoisotopic (exact) mass is 283 g/mol. The van der Waals surface area contributed by atoms with Crippen molar-refractivity contribution in [3.63, 3.8) is 0 Å². The normalized spacial score (nSPS) is 14.9. The van der Waals surface area contributed by atoms with E-state index in [0.29, 0.717) is 16.7 Å². The molecule has 0 saturated carbocycles. The van der Waals surface area contributed by atoms with Crippen molar-refractivity contribution in [2.24, 2.45) is 5.73 Å². The van der Waals surface area contributed by atoms with E-state index in [1.54, 1.807) is 26.0 Å². The topological polar surface area (TPSA) is 46.2 Å². The number of benzene rings is 1. The van der Waals surface area contributed by atoms with Crippen LogP contribution >= 0.6 is 12.4 Å². The molecule has 2 nitrogen and oxygen atoms in total. The summed E-state index contributed by atoms with van der Waals surface area (Å²) >= 11 is 0. The van der Waals surface area contributed by atoms with E-state index in [2.05, 4.69) is 0 Å². The van der Waals surface area contributed by atoms with Gasteiger partial charge in [0.25, 0.3) is 0 Å². The molecule has 1 aromatic rings. The molecule has 0 amide bonds. The third-order valence-corrected chi connectivity index (χ3v) is 2.75. The second-order valence-electron chi connectivity index (χ2n) is 4.32. The van der Waals surface area contributed by atoms with Crippen molar-refractivity contribution in [1.82, 2.24) is 0 Å². The van der Waals surface area contributed by atoms with E-state index in [9.17, 15) is 18.3 Å². The maximum atomic E-state index is 12.4. The summed E-state index contributed by atoms with van der Waals surface area (Å²) in [4.78, 5) is 0. The Hall–Kier alpha value is -0.780. The summed E-state index contributed by atoms with van der Waals surface area (Å²) in [6, 6.07) is 2.06. The molecular weight excluding hydrogens is 267 g/mol. The molecule has 1 aromatic carbocycles. The van der Waals surface area contributed by atoms with Crippen molar-refractivity contribution >= 4 is 12.4 Å². The van der Waals surface area contributed by atoms with E-state index in [4.69, 9.17) is 5.73 Å². The van der Waals surface area contributed by atoms with Crippen molar-refractivity contribution in [2.75, 3.05) is 0 Å². The van der Waals surface area contributed by atoms with Crippen LogP contribution in [0.4, 0.5) is 13.2 Å². The van der Waals surface area contributed by atoms with Gasteiger partial charge in [0.05, 0.1) is 6.04 Å². The highest BCUT2D eigenvalue weighted by Gasteiger charge is 2.43. The molecule has 3 N–H and O–H groups in total. The zero-order chi connectivity index (χ0) is 13.4. The second-order valence-corrected chi connectivity index (χ2v) is 4.32. The summed E-state index contributed by atoms with van der Waals surface area (Å²) in [6.45, 7) is 5.24. The third kappa shape index (κ3) is 3.60. The maximum Gasteiger partial charge on any atom is 0.416 e. The Morgan fingerprint density at radius 1 is 1.11 bits per heavy atom. The molecule has 6 heteroatoms. The predicted octanol–water partition coefficient (Wildman–Crippen LogP) is 2.96. The van der Waals surface area contributed by atoms with Gasteiger partial charge in [0, 0.05) is 0 Å². The number of halogens is 4. The summed E-state index contributed by atoms with van der Waals surface area (Å²) in [5, 5.41) is 9.18. The summed E-state index contributed by atoms with van der Waals surface area (Å²) in [5.41, 5.74) is 8.15. The van der Waals surface area contributed by atoms with Gasteiger partial charge in [-0.2, -0.15) is 13.2 Å². The summed E-state index contributed by atoms with van der Waals surface area (Å²) in [7, 11) is 0. The molecular formula is C12H17ClF3NO. The number of nitrogens with two attached hydrogens (primary N) is 1. The van der Waals surface area contributed by atoms with Crippen molar-refractivity contribution in [3.8, 4) is 0 Å². The first kappa shape index (κ1) is 17.2. The van der Waals surface area contributed by atoms with Gasteiger partial charge in [-0.1, -0.05) is 17.7 Å². The molecule has 18 heavy (non-hydrogen) atoms. The number of hydrogen-bond donors (Lipinski definition) is 2. The summed E-state index contributed by atoms with van der Waals surface area (Å²) in [6.07, 6.45) is -7.24. The Kier molecular flexibility index (Phi) is 5.65. The first-order chi connectivity index (χ1) is 7.64. The lowest BCUT2D eigenvalue weighted by Crippen LogP contribution is -2.39. The fourth-order valence-electron chi connectivity index (χ4n) is 2.08. The largest absolute Gasteiger partial charge is 0.416 e. The zero-order valence-corrected chi connectivity index (χ0v) is 11.2. The van der Waals surface area contributed by atoms with Crippen LogP contribution in [-0.2, 0) is 0 Å². The van der Waals surface area contributed by atoms with Crippen LogP contribution in [0.2, 0.25) is 0 Å². The molecule has 0 fully saturated rings. The Balaban J connectivity index is 0.00000289. The molecule has 2 atom stereocenters. The van der Waals surface area contributed by atoms with Gasteiger partial charge >= 0.3 is 6.18 Å². The van der Waals surface area contributed by atoms with Crippen LogP contribution in [-0.4, -0.2) is 17.4 Å². The molecule has 0 saturated heterocycles. The third-order valence-electron chi connectivity index (χ3n) is 2.75. The summed E-state index contributed by atoms with van der Waals surface area (Å²) in [5.74, 6) is 0. The van der Waals surface area contributed by atoms with Crippen LogP contribution in [0.5, 0.6) is 0 Å². The standard InChI is InChI=1S/C12H16F3NO.ClH/c1-6-4-7(2)9(8(3)5-6)10(16)11(17)12(13,14)15;/h4-5,10-11,17H,16H2,1-3H3;1H/t10-,11-;/m0./s1. The first-order valence-corrected chi connectivity index (χ1v) is 5.22. The molecule has 0 aliphatic carbocycles. The molecule has 1 rings (SSSR count). The minimum atomic E-state index is -4.71. The lowest BCUT2D eigenvalue weighted by atomic mass is 9.91. The van der Waals surface area contributed by atoms with Crippen LogP contribution in [0, 0.1) is 20.8 Å². The Morgan fingerprint density at radius 3 is 1.83 bits per heavy atom. The lowest BCUT2D eigenvalue weighted by molar-refractivity contribution is -0.210. The average molecular weight is 284 g/mol. The lowest BCUT2D eigenvalue weighted by Gasteiger charge is -2.24. The van der Waals surface area contributed by atoms with Gasteiger partial charge in [-0.25, -0.2) is 0 Å². The van der Waals surface area contributed by atoms with E-state index >= 15 is 0 Å². The van der Waals surface area contributed by atoms with Gasteiger partial charge in [0.1, 0.15) is 0 Å². The van der Waals surface area contributed by atoms with Crippen molar-refractivity contribution in [1.29, 1.82) is 0 Å². The van der Waals surface area contributed by atoms with E-state index in [1.807, 2.05) is 6.92 Å². The van der Waals surface area contributed by atoms with Crippen LogP contribution in [0.1, 0.15) is 28.3 Å². The summed E-state index contributed by atoms with van der Waals surface area (Å²) < 4.78 is 37.2. The first-order valence-electron chi connectivity index (χ1n) is 5.22. The number of aryl methyl sites for hydroxylation is 3. The van der Waals surface area contributed by atoms with Crippen LogP contribution in [0.3, 0.4) is 0 Å². The Morgan fingerprint density at radius 2 is 1.50 bits per heavy atom. The molecule has 0 radical (unpaired) electrons. The number of rotatable bonds is 2. The highest BCUT2D eigenvalue weighted by Crippen LogP contribution is 2.32. The molecule has 0 aromatic heterocycles. The highest BCUT2D eigenvalue weighted by atomic mass is 35.5. The SMILES string of the molecule is Cc1cc(C)c([C@H](N)[C@H](O)C(F)(F)F)c(C)c1.Cl. The average Bonchev–Trinajstić information content (AvgIpc) is 2.13. The van der Waals surface area contributed by atoms with Crippen molar-refractivity contribution < 1.29 is 18.3 Å². The number of hydrogen-bond acceptors (Lipinski definition) is 2. The van der Waals surface area contributed by atoms with Crippen LogP contribution < -0.4 is 5.73 Å². The molecule has 0 aliphatic heterocycles. The molecule has 104 valence electrons. The minimum absolute atomic E-state index is 0. The van der Waals surface area contributed by atoms with Crippen LogP contribution in [0.15, 0.2) is 12.1 Å². The minimum Gasteiger partial charge on any atom is -0.382 e. The smallest absolute Gasteiger partial charge is 0.382 e. The number of alkyl halides is 3. The number of aliphatic hydroxyl groups is 1. The van der Waals surface area contributed by atoms with Crippen molar-refractivity contribution in [2.45, 2.75) is 39.1 Å².